The van der Waals surface area contributed by atoms with E-state index in [1.54, 1.807) is 0 Å². The Morgan fingerprint density at radius 3 is 2.53 bits per heavy atom. The maximum Gasteiger partial charge on any atom is 0.0208 e. The van der Waals surface area contributed by atoms with E-state index in [-0.39, 0.29) is 0 Å². The molecule has 0 aromatic heterocycles. The van der Waals surface area contributed by atoms with Crippen molar-refractivity contribution in [3.05, 3.63) is 34.9 Å². The number of rotatable bonds is 6. The molecule has 0 atom stereocenters. The molecule has 0 unspecified atom stereocenters. The third-order valence-corrected chi connectivity index (χ3v) is 3.82. The molecule has 0 aliphatic heterocycles. The molecule has 1 fully saturated rings. The summed E-state index contributed by atoms with van der Waals surface area (Å²) in [6.07, 6.45) is 2.74. The Balaban J connectivity index is 1.82. The van der Waals surface area contributed by atoms with Crippen LogP contribution in [0.2, 0.25) is 0 Å². The molecule has 0 bridgehead atoms. The number of aryl methyl sites for hydroxylation is 2. The minimum atomic E-state index is 0.549. The molecule has 94 valence electrons. The molecular weight excluding hydrogens is 208 g/mol. The van der Waals surface area contributed by atoms with Gasteiger partial charge in [0.15, 0.2) is 0 Å². The Morgan fingerprint density at radius 2 is 1.94 bits per heavy atom. The minimum Gasteiger partial charge on any atom is -0.319 e. The number of benzene rings is 1. The topological polar surface area (TPSA) is 24.1 Å². The summed E-state index contributed by atoms with van der Waals surface area (Å²) >= 11 is 0. The average molecular weight is 232 g/mol. The zero-order valence-electron chi connectivity index (χ0n) is 11.3. The zero-order chi connectivity index (χ0) is 12.3. The third-order valence-electron chi connectivity index (χ3n) is 3.82. The Labute approximate surface area is 105 Å². The van der Waals surface area contributed by atoms with E-state index in [0.29, 0.717) is 5.41 Å². The van der Waals surface area contributed by atoms with Crippen molar-refractivity contribution < 1.29 is 0 Å². The Kier molecular flexibility index (Phi) is 3.85. The first kappa shape index (κ1) is 12.6. The van der Waals surface area contributed by atoms with Crippen molar-refractivity contribution in [1.29, 1.82) is 0 Å². The molecule has 1 saturated carbocycles. The van der Waals surface area contributed by atoms with E-state index in [1.165, 1.54) is 29.5 Å². The Hall–Kier alpha value is -0.860. The molecular formula is C15H24N2. The predicted molar refractivity (Wildman–Crippen MR) is 73.2 cm³/mol. The summed E-state index contributed by atoms with van der Waals surface area (Å²) < 4.78 is 0. The van der Waals surface area contributed by atoms with Crippen LogP contribution in [0.4, 0.5) is 0 Å². The van der Waals surface area contributed by atoms with E-state index in [0.717, 1.165) is 19.6 Å². The molecule has 2 N–H and O–H groups in total. The molecule has 1 aromatic carbocycles. The highest BCUT2D eigenvalue weighted by molar-refractivity contribution is 5.30. The van der Waals surface area contributed by atoms with Crippen molar-refractivity contribution in [2.75, 3.05) is 20.1 Å². The molecule has 17 heavy (non-hydrogen) atoms. The minimum absolute atomic E-state index is 0.549. The third kappa shape index (κ3) is 3.30. The van der Waals surface area contributed by atoms with Crippen molar-refractivity contribution in [3.8, 4) is 0 Å². The summed E-state index contributed by atoms with van der Waals surface area (Å²) in [4.78, 5) is 0. The molecule has 2 rings (SSSR count). The Morgan fingerprint density at radius 1 is 1.18 bits per heavy atom. The van der Waals surface area contributed by atoms with Crippen molar-refractivity contribution in [1.82, 2.24) is 10.6 Å². The van der Waals surface area contributed by atoms with Crippen LogP contribution in [-0.2, 0) is 6.54 Å². The lowest BCUT2D eigenvalue weighted by molar-refractivity contribution is 0.438. The fraction of sp³-hybridized carbons (Fsp3) is 0.600. The highest BCUT2D eigenvalue weighted by Crippen LogP contribution is 2.44. The van der Waals surface area contributed by atoms with Gasteiger partial charge in [-0.05, 0) is 50.3 Å². The second-order valence-corrected chi connectivity index (χ2v) is 5.56. The van der Waals surface area contributed by atoms with Gasteiger partial charge in [-0.3, -0.25) is 0 Å². The van der Waals surface area contributed by atoms with Crippen LogP contribution in [0.15, 0.2) is 18.2 Å². The number of nitrogens with one attached hydrogen (secondary N) is 2. The smallest absolute Gasteiger partial charge is 0.0208 e. The van der Waals surface area contributed by atoms with Crippen LogP contribution >= 0.6 is 0 Å². The summed E-state index contributed by atoms with van der Waals surface area (Å²) in [6, 6.07) is 6.71. The van der Waals surface area contributed by atoms with E-state index in [4.69, 9.17) is 0 Å². The quantitative estimate of drug-likeness (QED) is 0.787. The maximum absolute atomic E-state index is 3.61. The molecule has 1 aliphatic carbocycles. The monoisotopic (exact) mass is 232 g/mol. The van der Waals surface area contributed by atoms with Crippen LogP contribution < -0.4 is 10.6 Å². The van der Waals surface area contributed by atoms with Crippen LogP contribution in [0.3, 0.4) is 0 Å². The molecule has 2 nitrogen and oxygen atoms in total. The van der Waals surface area contributed by atoms with Gasteiger partial charge in [0.25, 0.3) is 0 Å². The zero-order valence-corrected chi connectivity index (χ0v) is 11.3. The first-order chi connectivity index (χ1) is 8.15. The number of hydrogen-bond acceptors (Lipinski definition) is 2. The van der Waals surface area contributed by atoms with Crippen molar-refractivity contribution >= 4 is 0 Å². The highest BCUT2D eigenvalue weighted by atomic mass is 14.9. The van der Waals surface area contributed by atoms with E-state index in [9.17, 15) is 0 Å². The summed E-state index contributed by atoms with van der Waals surface area (Å²) in [5, 5.41) is 6.91. The highest BCUT2D eigenvalue weighted by Gasteiger charge is 2.41. The van der Waals surface area contributed by atoms with Gasteiger partial charge in [0.2, 0.25) is 0 Å². The molecule has 0 heterocycles. The first-order valence-electron chi connectivity index (χ1n) is 6.57. The van der Waals surface area contributed by atoms with Crippen molar-refractivity contribution in [2.45, 2.75) is 33.2 Å². The molecule has 1 aromatic rings. The molecule has 0 amide bonds. The van der Waals surface area contributed by atoms with Crippen molar-refractivity contribution in [3.63, 3.8) is 0 Å². The van der Waals surface area contributed by atoms with Crippen LogP contribution in [-0.4, -0.2) is 20.1 Å². The van der Waals surface area contributed by atoms with E-state index in [1.807, 2.05) is 7.05 Å². The summed E-state index contributed by atoms with van der Waals surface area (Å²) in [6.45, 7) is 7.63. The maximum atomic E-state index is 3.61. The van der Waals surface area contributed by atoms with Gasteiger partial charge in [0, 0.05) is 19.6 Å². The molecule has 2 heteroatoms. The van der Waals surface area contributed by atoms with Gasteiger partial charge < -0.3 is 10.6 Å². The summed E-state index contributed by atoms with van der Waals surface area (Å²) in [7, 11) is 2.05. The van der Waals surface area contributed by atoms with Crippen molar-refractivity contribution in [2.24, 2.45) is 5.41 Å². The van der Waals surface area contributed by atoms with Gasteiger partial charge in [-0.1, -0.05) is 23.8 Å². The molecule has 0 radical (unpaired) electrons. The average Bonchev–Trinajstić information content (AvgIpc) is 3.02. The summed E-state index contributed by atoms with van der Waals surface area (Å²) in [5.41, 5.74) is 4.72. The van der Waals surface area contributed by atoms with Gasteiger partial charge in [0.05, 0.1) is 0 Å². The van der Waals surface area contributed by atoms with Crippen LogP contribution in [0.25, 0.3) is 0 Å². The summed E-state index contributed by atoms with van der Waals surface area (Å²) in [5.74, 6) is 0. The molecule has 0 saturated heterocycles. The van der Waals surface area contributed by atoms with Gasteiger partial charge in [-0.2, -0.15) is 0 Å². The molecule has 0 spiro atoms. The van der Waals surface area contributed by atoms with Gasteiger partial charge in [-0.25, -0.2) is 0 Å². The van der Waals surface area contributed by atoms with E-state index < -0.39 is 0 Å². The van der Waals surface area contributed by atoms with E-state index in [2.05, 4.69) is 42.7 Å². The second-order valence-electron chi connectivity index (χ2n) is 5.56. The lowest BCUT2D eigenvalue weighted by atomic mass is 10.0. The normalized spacial score (nSPS) is 17.1. The van der Waals surface area contributed by atoms with Crippen LogP contribution in [0.5, 0.6) is 0 Å². The van der Waals surface area contributed by atoms with Crippen LogP contribution in [0.1, 0.15) is 29.5 Å². The lowest BCUT2D eigenvalue weighted by Crippen LogP contribution is -2.31. The lowest BCUT2D eigenvalue weighted by Gasteiger charge is -2.16. The van der Waals surface area contributed by atoms with Gasteiger partial charge in [-0.15, -0.1) is 0 Å². The predicted octanol–water partition coefficient (Wildman–Crippen LogP) is 2.39. The second kappa shape index (κ2) is 5.19. The fourth-order valence-electron chi connectivity index (χ4n) is 2.47. The first-order valence-corrected chi connectivity index (χ1v) is 6.57. The number of hydrogen-bond donors (Lipinski definition) is 2. The standard InChI is InChI=1S/C15H24N2/c1-12-4-5-14(13(2)8-12)9-17-11-15(6-7-15)10-16-3/h4-5,8,16-17H,6-7,9-11H2,1-3H3. The SMILES string of the molecule is CNCC1(CNCc2ccc(C)cc2C)CC1. The Bertz CT molecular complexity index is 381. The largest absolute Gasteiger partial charge is 0.319 e. The van der Waals surface area contributed by atoms with Gasteiger partial charge in [0.1, 0.15) is 0 Å². The molecule has 1 aliphatic rings. The fourth-order valence-corrected chi connectivity index (χ4v) is 2.47. The van der Waals surface area contributed by atoms with E-state index >= 15 is 0 Å². The van der Waals surface area contributed by atoms with Crippen LogP contribution in [0, 0.1) is 19.3 Å². The van der Waals surface area contributed by atoms with Gasteiger partial charge >= 0.3 is 0 Å².